The van der Waals surface area contributed by atoms with Crippen LogP contribution in [-0.2, 0) is 4.79 Å². The fraction of sp³-hybridized carbons (Fsp3) is 0.938. The minimum absolute atomic E-state index is 0.160. The second-order valence-electron chi connectivity index (χ2n) is 6.09. The molecule has 0 aliphatic heterocycles. The standard InChI is InChI=1S/C16H30O2/c1-14(16(17)18)10-8-6-4-2-3-5-7-9-11-15-12-13-15/h14-15H,2-13H2,1H3,(H,17,18). The summed E-state index contributed by atoms with van der Waals surface area (Å²) in [6, 6.07) is 0. The summed E-state index contributed by atoms with van der Waals surface area (Å²) in [5.41, 5.74) is 0. The van der Waals surface area contributed by atoms with Crippen molar-refractivity contribution in [1.82, 2.24) is 0 Å². The van der Waals surface area contributed by atoms with Gasteiger partial charge in [-0.25, -0.2) is 0 Å². The maximum Gasteiger partial charge on any atom is 0.306 e. The fourth-order valence-corrected chi connectivity index (χ4v) is 2.47. The summed E-state index contributed by atoms with van der Waals surface area (Å²) in [5, 5.41) is 8.75. The Morgan fingerprint density at radius 3 is 2.00 bits per heavy atom. The zero-order chi connectivity index (χ0) is 13.2. The van der Waals surface area contributed by atoms with Crippen molar-refractivity contribution in [3.8, 4) is 0 Å². The summed E-state index contributed by atoms with van der Waals surface area (Å²) < 4.78 is 0. The number of carbonyl (C=O) groups is 1. The lowest BCUT2D eigenvalue weighted by molar-refractivity contribution is -0.141. The largest absolute Gasteiger partial charge is 0.481 e. The van der Waals surface area contributed by atoms with Gasteiger partial charge in [0, 0.05) is 0 Å². The van der Waals surface area contributed by atoms with Gasteiger partial charge in [0.15, 0.2) is 0 Å². The quantitative estimate of drug-likeness (QED) is 0.497. The van der Waals surface area contributed by atoms with Crippen molar-refractivity contribution in [2.75, 3.05) is 0 Å². The van der Waals surface area contributed by atoms with Crippen molar-refractivity contribution in [2.24, 2.45) is 11.8 Å². The van der Waals surface area contributed by atoms with Crippen LogP contribution in [0.2, 0.25) is 0 Å². The normalized spacial score (nSPS) is 16.7. The Morgan fingerprint density at radius 1 is 1.00 bits per heavy atom. The minimum Gasteiger partial charge on any atom is -0.481 e. The molecule has 1 aliphatic rings. The van der Waals surface area contributed by atoms with Crippen molar-refractivity contribution in [3.63, 3.8) is 0 Å². The van der Waals surface area contributed by atoms with Crippen LogP contribution in [0.3, 0.4) is 0 Å². The third-order valence-corrected chi connectivity index (χ3v) is 4.12. The number of hydrogen-bond acceptors (Lipinski definition) is 1. The second-order valence-corrected chi connectivity index (χ2v) is 6.09. The molecule has 0 aromatic rings. The van der Waals surface area contributed by atoms with Gasteiger partial charge in [-0.3, -0.25) is 4.79 Å². The molecule has 2 heteroatoms. The molecule has 1 saturated carbocycles. The second kappa shape index (κ2) is 9.41. The van der Waals surface area contributed by atoms with Crippen molar-refractivity contribution < 1.29 is 9.90 Å². The predicted molar refractivity (Wildman–Crippen MR) is 75.7 cm³/mol. The predicted octanol–water partition coefficient (Wildman–Crippen LogP) is 5.02. The number of carboxylic acids is 1. The van der Waals surface area contributed by atoms with Gasteiger partial charge in [0.2, 0.25) is 0 Å². The number of rotatable bonds is 12. The van der Waals surface area contributed by atoms with Crippen LogP contribution in [0.4, 0.5) is 0 Å². The first-order chi connectivity index (χ1) is 8.70. The van der Waals surface area contributed by atoms with E-state index in [1.54, 1.807) is 0 Å². The van der Waals surface area contributed by atoms with Gasteiger partial charge in [0.25, 0.3) is 0 Å². The molecule has 0 heterocycles. The van der Waals surface area contributed by atoms with E-state index in [9.17, 15) is 4.79 Å². The van der Waals surface area contributed by atoms with E-state index in [0.717, 1.165) is 18.8 Å². The summed E-state index contributed by atoms with van der Waals surface area (Å²) in [6.07, 6.45) is 15.9. The maximum atomic E-state index is 10.6. The lowest BCUT2D eigenvalue weighted by Gasteiger charge is -2.05. The monoisotopic (exact) mass is 254 g/mol. The van der Waals surface area contributed by atoms with Crippen LogP contribution in [0, 0.1) is 11.8 Å². The number of carboxylic acid groups (broad SMARTS) is 1. The van der Waals surface area contributed by atoms with Crippen molar-refractivity contribution in [2.45, 2.75) is 84.0 Å². The van der Waals surface area contributed by atoms with Crippen LogP contribution < -0.4 is 0 Å². The average molecular weight is 254 g/mol. The number of aliphatic carboxylic acids is 1. The van der Waals surface area contributed by atoms with Crippen molar-refractivity contribution in [3.05, 3.63) is 0 Å². The van der Waals surface area contributed by atoms with Gasteiger partial charge >= 0.3 is 5.97 Å². The molecule has 0 amide bonds. The summed E-state index contributed by atoms with van der Waals surface area (Å²) in [5.74, 6) is 0.291. The molecule has 1 unspecified atom stereocenters. The molecule has 18 heavy (non-hydrogen) atoms. The topological polar surface area (TPSA) is 37.3 Å². The molecule has 1 atom stereocenters. The summed E-state index contributed by atoms with van der Waals surface area (Å²) in [7, 11) is 0. The van der Waals surface area contributed by atoms with Gasteiger partial charge in [0.1, 0.15) is 0 Å². The molecule has 0 aromatic heterocycles. The first kappa shape index (κ1) is 15.5. The molecule has 106 valence electrons. The Labute approximate surface area is 112 Å². The number of unbranched alkanes of at least 4 members (excludes halogenated alkanes) is 7. The molecule has 0 aromatic carbocycles. The third-order valence-electron chi connectivity index (χ3n) is 4.12. The van der Waals surface area contributed by atoms with Crippen LogP contribution in [0.15, 0.2) is 0 Å². The van der Waals surface area contributed by atoms with Gasteiger partial charge in [0.05, 0.1) is 5.92 Å². The summed E-state index contributed by atoms with van der Waals surface area (Å²) in [6.45, 7) is 1.81. The van der Waals surface area contributed by atoms with Gasteiger partial charge in [-0.1, -0.05) is 77.6 Å². The van der Waals surface area contributed by atoms with Crippen LogP contribution in [0.1, 0.15) is 84.0 Å². The van der Waals surface area contributed by atoms with Gasteiger partial charge in [-0.05, 0) is 12.3 Å². The maximum absolute atomic E-state index is 10.6. The van der Waals surface area contributed by atoms with Crippen LogP contribution in [0.5, 0.6) is 0 Å². The highest BCUT2D eigenvalue weighted by Crippen LogP contribution is 2.34. The van der Waals surface area contributed by atoms with Gasteiger partial charge in [-0.2, -0.15) is 0 Å². The highest BCUT2D eigenvalue weighted by Gasteiger charge is 2.19. The van der Waals surface area contributed by atoms with E-state index in [0.29, 0.717) is 0 Å². The molecule has 1 aliphatic carbocycles. The van der Waals surface area contributed by atoms with E-state index in [1.807, 2.05) is 6.92 Å². The average Bonchev–Trinajstić information content (AvgIpc) is 3.15. The molecule has 2 nitrogen and oxygen atoms in total. The molecule has 1 N–H and O–H groups in total. The minimum atomic E-state index is -0.648. The summed E-state index contributed by atoms with van der Waals surface area (Å²) >= 11 is 0. The molecule has 0 radical (unpaired) electrons. The van der Waals surface area contributed by atoms with E-state index in [1.165, 1.54) is 64.2 Å². The van der Waals surface area contributed by atoms with E-state index in [4.69, 9.17) is 5.11 Å². The molecular formula is C16H30O2. The molecule has 0 bridgehead atoms. The Morgan fingerprint density at radius 2 is 1.50 bits per heavy atom. The van der Waals surface area contributed by atoms with Gasteiger partial charge < -0.3 is 5.11 Å². The lowest BCUT2D eigenvalue weighted by Crippen LogP contribution is -2.08. The lowest BCUT2D eigenvalue weighted by atomic mass is 10.0. The smallest absolute Gasteiger partial charge is 0.306 e. The molecule has 0 spiro atoms. The molecule has 1 rings (SSSR count). The zero-order valence-corrected chi connectivity index (χ0v) is 12.0. The van der Waals surface area contributed by atoms with Gasteiger partial charge in [-0.15, -0.1) is 0 Å². The molecule has 1 fully saturated rings. The first-order valence-electron chi connectivity index (χ1n) is 7.93. The van der Waals surface area contributed by atoms with E-state index in [-0.39, 0.29) is 5.92 Å². The van der Waals surface area contributed by atoms with Crippen molar-refractivity contribution >= 4 is 5.97 Å². The Bertz CT molecular complexity index is 221. The highest BCUT2D eigenvalue weighted by molar-refractivity contribution is 5.69. The SMILES string of the molecule is CC(CCCCCCCCCCC1CC1)C(=O)O. The van der Waals surface area contributed by atoms with Crippen LogP contribution >= 0.6 is 0 Å². The van der Waals surface area contributed by atoms with Crippen LogP contribution in [0.25, 0.3) is 0 Å². The Balaban J connectivity index is 1.71. The zero-order valence-electron chi connectivity index (χ0n) is 12.0. The third kappa shape index (κ3) is 8.54. The van der Waals surface area contributed by atoms with E-state index < -0.39 is 5.97 Å². The first-order valence-corrected chi connectivity index (χ1v) is 7.93. The summed E-state index contributed by atoms with van der Waals surface area (Å²) in [4.78, 5) is 10.6. The number of hydrogen-bond donors (Lipinski definition) is 1. The van der Waals surface area contributed by atoms with E-state index >= 15 is 0 Å². The highest BCUT2D eigenvalue weighted by atomic mass is 16.4. The Kier molecular flexibility index (Phi) is 8.11. The Hall–Kier alpha value is -0.530. The fourth-order valence-electron chi connectivity index (χ4n) is 2.47. The van der Waals surface area contributed by atoms with Crippen LogP contribution in [-0.4, -0.2) is 11.1 Å². The molecule has 0 saturated heterocycles. The van der Waals surface area contributed by atoms with Crippen molar-refractivity contribution in [1.29, 1.82) is 0 Å². The van der Waals surface area contributed by atoms with E-state index in [2.05, 4.69) is 0 Å². The molecular weight excluding hydrogens is 224 g/mol.